The van der Waals surface area contributed by atoms with Crippen molar-refractivity contribution in [2.24, 2.45) is 5.16 Å². The van der Waals surface area contributed by atoms with E-state index in [4.69, 9.17) is 9.57 Å². The van der Waals surface area contributed by atoms with E-state index in [1.165, 1.54) is 18.9 Å². The summed E-state index contributed by atoms with van der Waals surface area (Å²) in [7, 11) is 1.53. The van der Waals surface area contributed by atoms with Crippen LogP contribution in [0.1, 0.15) is 20.3 Å². The zero-order valence-corrected chi connectivity index (χ0v) is 15.6. The summed E-state index contributed by atoms with van der Waals surface area (Å²) < 4.78 is 5.02. The van der Waals surface area contributed by atoms with Gasteiger partial charge in [-0.1, -0.05) is 41.6 Å². The van der Waals surface area contributed by atoms with Gasteiger partial charge in [0.1, 0.15) is 6.04 Å². The number of nitrogens with zero attached hydrogens (tertiary/aromatic N) is 2. The van der Waals surface area contributed by atoms with E-state index in [1.54, 1.807) is 6.92 Å². The van der Waals surface area contributed by atoms with E-state index < -0.39 is 6.04 Å². The fraction of sp³-hybridized carbons (Fsp3) is 0.350. The van der Waals surface area contributed by atoms with Crippen molar-refractivity contribution in [1.82, 2.24) is 5.32 Å². The number of nitrogens with one attached hydrogen (secondary N) is 1. The second-order valence-corrected chi connectivity index (χ2v) is 6.43. The Bertz CT molecular complexity index is 875. The monoisotopic (exact) mass is 369 g/mol. The molecule has 1 aliphatic rings. The van der Waals surface area contributed by atoms with Crippen molar-refractivity contribution in [3.63, 3.8) is 0 Å². The third-order valence-electron chi connectivity index (χ3n) is 4.58. The molecule has 0 fully saturated rings. The number of ether oxygens (including phenoxy) is 1. The quantitative estimate of drug-likeness (QED) is 0.878. The molecule has 1 N–H and O–H groups in total. The fourth-order valence-electron chi connectivity index (χ4n) is 3.18. The van der Waals surface area contributed by atoms with Gasteiger partial charge in [-0.3, -0.25) is 14.5 Å². The predicted octanol–water partition coefficient (Wildman–Crippen LogP) is 2.45. The number of methoxy groups -OCH3 is 1. The van der Waals surface area contributed by atoms with Crippen molar-refractivity contribution < 1.29 is 19.2 Å². The van der Waals surface area contributed by atoms with E-state index in [-0.39, 0.29) is 17.9 Å². The number of rotatable bonds is 5. The number of carbonyl (C=O) groups is 2. The third-order valence-corrected chi connectivity index (χ3v) is 4.58. The molecule has 0 aromatic heterocycles. The number of oxime groups is 1. The molecule has 2 amide bonds. The molecule has 0 aliphatic carbocycles. The van der Waals surface area contributed by atoms with Gasteiger partial charge in [-0.2, -0.15) is 0 Å². The summed E-state index contributed by atoms with van der Waals surface area (Å²) in [5.74, 6) is 0.0483. The van der Waals surface area contributed by atoms with Crippen LogP contribution in [-0.4, -0.2) is 43.5 Å². The number of carbonyl (C=O) groups excluding carboxylic acids is 2. The van der Waals surface area contributed by atoms with Crippen LogP contribution < -0.4 is 10.2 Å². The molecule has 2 atom stereocenters. The molecule has 3 rings (SSSR count). The van der Waals surface area contributed by atoms with Crippen LogP contribution in [0.3, 0.4) is 0 Å². The largest absolute Gasteiger partial charge is 0.482 e. The Kier molecular flexibility index (Phi) is 5.59. The molecule has 0 radical (unpaired) electrons. The van der Waals surface area contributed by atoms with Crippen LogP contribution in [-0.2, 0) is 19.2 Å². The summed E-state index contributed by atoms with van der Waals surface area (Å²) >= 11 is 0. The van der Waals surface area contributed by atoms with E-state index in [0.717, 1.165) is 10.8 Å². The van der Waals surface area contributed by atoms with Crippen molar-refractivity contribution in [3.8, 4) is 0 Å². The fourth-order valence-corrected chi connectivity index (χ4v) is 3.18. The molecule has 1 unspecified atom stereocenters. The average molecular weight is 369 g/mol. The molecule has 1 aliphatic heterocycles. The molecule has 7 heteroatoms. The van der Waals surface area contributed by atoms with Gasteiger partial charge < -0.3 is 14.9 Å². The zero-order chi connectivity index (χ0) is 19.4. The van der Waals surface area contributed by atoms with Crippen LogP contribution in [0.25, 0.3) is 10.8 Å². The molecule has 2 aromatic rings. The molecule has 27 heavy (non-hydrogen) atoms. The number of benzene rings is 2. The van der Waals surface area contributed by atoms with Gasteiger partial charge in [-0.05, 0) is 18.4 Å². The smallest absolute Gasteiger partial charge is 0.243 e. The van der Waals surface area contributed by atoms with Gasteiger partial charge in [0.25, 0.3) is 0 Å². The lowest BCUT2D eigenvalue weighted by Crippen LogP contribution is -2.49. The van der Waals surface area contributed by atoms with Crippen LogP contribution >= 0.6 is 0 Å². The van der Waals surface area contributed by atoms with Gasteiger partial charge in [-0.25, -0.2) is 0 Å². The summed E-state index contributed by atoms with van der Waals surface area (Å²) in [6, 6.07) is 12.8. The minimum atomic E-state index is -0.669. The molecule has 1 heterocycles. The van der Waals surface area contributed by atoms with Crippen molar-refractivity contribution >= 4 is 34.2 Å². The Morgan fingerprint density at radius 3 is 2.74 bits per heavy atom. The molecule has 142 valence electrons. The first kappa shape index (κ1) is 18.7. The van der Waals surface area contributed by atoms with E-state index >= 15 is 0 Å². The highest BCUT2D eigenvalue weighted by Crippen LogP contribution is 2.28. The number of fused-ring (bicyclic) bond motifs is 1. The standard InChI is InChI=1S/C20H23N3O4/c1-13(20(25)21-12-16-11-19(26-3)22-27-16)23(14(2)24)18-10-6-8-15-7-4-5-9-17(15)18/h4-10,13,16H,11-12H2,1-3H3,(H,21,25)/t13-,16?/m0/s1. The Balaban J connectivity index is 1.74. The van der Waals surface area contributed by atoms with Gasteiger partial charge in [-0.15, -0.1) is 0 Å². The number of hydrogen-bond donors (Lipinski definition) is 1. The van der Waals surface area contributed by atoms with Gasteiger partial charge in [0.15, 0.2) is 6.10 Å². The maximum absolute atomic E-state index is 12.7. The first-order chi connectivity index (χ1) is 13.0. The summed E-state index contributed by atoms with van der Waals surface area (Å²) in [4.78, 5) is 31.8. The highest BCUT2D eigenvalue weighted by Gasteiger charge is 2.28. The first-order valence-corrected chi connectivity index (χ1v) is 8.83. The van der Waals surface area contributed by atoms with E-state index in [9.17, 15) is 9.59 Å². The van der Waals surface area contributed by atoms with Crippen molar-refractivity contribution in [2.45, 2.75) is 32.4 Å². The second kappa shape index (κ2) is 8.07. The highest BCUT2D eigenvalue weighted by atomic mass is 16.7. The minimum absolute atomic E-state index is 0.198. The van der Waals surface area contributed by atoms with Gasteiger partial charge in [0.05, 0.1) is 25.8 Å². The third kappa shape index (κ3) is 4.02. The zero-order valence-electron chi connectivity index (χ0n) is 15.6. The molecule has 7 nitrogen and oxygen atoms in total. The van der Waals surface area contributed by atoms with E-state index in [0.29, 0.717) is 24.6 Å². The SMILES string of the molecule is COC1=NOC(CNC(=O)[C@H](C)N(C(C)=O)c2cccc3ccccc23)C1. The van der Waals surface area contributed by atoms with Crippen LogP contribution in [0.5, 0.6) is 0 Å². The van der Waals surface area contributed by atoms with Crippen LogP contribution in [0, 0.1) is 0 Å². The Labute approximate surface area is 157 Å². The lowest BCUT2D eigenvalue weighted by Gasteiger charge is -2.28. The van der Waals surface area contributed by atoms with Gasteiger partial charge in [0, 0.05) is 12.3 Å². The number of amides is 2. The Morgan fingerprint density at radius 2 is 2.04 bits per heavy atom. The summed E-state index contributed by atoms with van der Waals surface area (Å²) in [6.45, 7) is 3.47. The van der Waals surface area contributed by atoms with E-state index in [1.807, 2.05) is 42.5 Å². The molecule has 0 spiro atoms. The van der Waals surface area contributed by atoms with E-state index in [2.05, 4.69) is 10.5 Å². The second-order valence-electron chi connectivity index (χ2n) is 6.43. The molecule has 0 bridgehead atoms. The molecular weight excluding hydrogens is 346 g/mol. The molecule has 2 aromatic carbocycles. The Morgan fingerprint density at radius 1 is 1.30 bits per heavy atom. The summed E-state index contributed by atoms with van der Waals surface area (Å²) in [5.41, 5.74) is 0.713. The first-order valence-electron chi connectivity index (χ1n) is 8.83. The normalized spacial score (nSPS) is 17.0. The topological polar surface area (TPSA) is 80.2 Å². The lowest BCUT2D eigenvalue weighted by atomic mass is 10.1. The lowest BCUT2D eigenvalue weighted by molar-refractivity contribution is -0.125. The van der Waals surface area contributed by atoms with Crippen LogP contribution in [0.2, 0.25) is 0 Å². The Hall–Kier alpha value is -3.09. The van der Waals surface area contributed by atoms with Crippen molar-refractivity contribution in [2.75, 3.05) is 18.6 Å². The number of anilines is 1. The van der Waals surface area contributed by atoms with Gasteiger partial charge >= 0.3 is 0 Å². The van der Waals surface area contributed by atoms with Crippen molar-refractivity contribution in [3.05, 3.63) is 42.5 Å². The maximum atomic E-state index is 12.7. The summed E-state index contributed by atoms with van der Waals surface area (Å²) in [6.07, 6.45) is 0.240. The number of hydrogen-bond acceptors (Lipinski definition) is 5. The van der Waals surface area contributed by atoms with Gasteiger partial charge in [0.2, 0.25) is 17.7 Å². The van der Waals surface area contributed by atoms with Crippen molar-refractivity contribution in [1.29, 1.82) is 0 Å². The predicted molar refractivity (Wildman–Crippen MR) is 104 cm³/mol. The molecule has 0 saturated carbocycles. The minimum Gasteiger partial charge on any atom is -0.482 e. The molecule has 0 saturated heterocycles. The average Bonchev–Trinajstić information content (AvgIpc) is 3.14. The van der Waals surface area contributed by atoms with Crippen LogP contribution in [0.4, 0.5) is 5.69 Å². The van der Waals surface area contributed by atoms with Crippen LogP contribution in [0.15, 0.2) is 47.6 Å². The summed E-state index contributed by atoms with van der Waals surface area (Å²) in [5, 5.41) is 8.55. The highest BCUT2D eigenvalue weighted by molar-refractivity contribution is 6.06. The molecular formula is C20H23N3O4. The maximum Gasteiger partial charge on any atom is 0.243 e.